The second kappa shape index (κ2) is 7.04. The minimum atomic E-state index is -1.08. The fourth-order valence-corrected chi connectivity index (χ4v) is 1.88. The first-order valence-corrected chi connectivity index (χ1v) is 6.87. The molecule has 0 fully saturated rings. The monoisotopic (exact) mass is 321 g/mol. The summed E-state index contributed by atoms with van der Waals surface area (Å²) in [5.41, 5.74) is 0.260. The zero-order chi connectivity index (χ0) is 16.1. The zero-order valence-electron chi connectivity index (χ0n) is 11.7. The molecular formula is C16H13ClFNO3. The number of esters is 1. The van der Waals surface area contributed by atoms with Gasteiger partial charge in [-0.3, -0.25) is 4.79 Å². The van der Waals surface area contributed by atoms with Crippen molar-refractivity contribution in [2.45, 2.75) is 13.0 Å². The van der Waals surface area contributed by atoms with Crippen molar-refractivity contribution in [3.8, 4) is 0 Å². The Kier molecular flexibility index (Phi) is 5.12. The summed E-state index contributed by atoms with van der Waals surface area (Å²) in [7, 11) is 0. The predicted octanol–water partition coefficient (Wildman–Crippen LogP) is 3.66. The molecule has 0 saturated heterocycles. The Morgan fingerprint density at radius 3 is 2.59 bits per heavy atom. The van der Waals surface area contributed by atoms with E-state index in [1.807, 2.05) is 0 Å². The Morgan fingerprint density at radius 1 is 1.18 bits per heavy atom. The highest BCUT2D eigenvalue weighted by atomic mass is 35.5. The lowest BCUT2D eigenvalue weighted by atomic mass is 10.2. The molecule has 0 heterocycles. The van der Waals surface area contributed by atoms with E-state index in [1.165, 1.54) is 37.3 Å². The molecular weight excluding hydrogens is 309 g/mol. The first-order valence-electron chi connectivity index (χ1n) is 6.49. The van der Waals surface area contributed by atoms with Crippen LogP contribution in [0.4, 0.5) is 10.1 Å². The molecule has 2 aromatic rings. The summed E-state index contributed by atoms with van der Waals surface area (Å²) in [4.78, 5) is 23.8. The number of amides is 1. The fourth-order valence-electron chi connectivity index (χ4n) is 1.69. The summed E-state index contributed by atoms with van der Waals surface area (Å²) in [5, 5.41) is 2.75. The molecule has 1 N–H and O–H groups in total. The average molecular weight is 322 g/mol. The second-order valence-corrected chi connectivity index (χ2v) is 4.96. The molecule has 1 atom stereocenters. The number of anilines is 1. The number of carbonyl (C=O) groups is 2. The number of ether oxygens (including phenoxy) is 1. The number of nitrogens with one attached hydrogen (secondary N) is 1. The van der Waals surface area contributed by atoms with E-state index in [0.29, 0.717) is 5.02 Å². The Bertz CT molecular complexity index is 705. The van der Waals surface area contributed by atoms with Crippen LogP contribution >= 0.6 is 11.6 Å². The quantitative estimate of drug-likeness (QED) is 0.874. The minimum absolute atomic E-state index is 0.0261. The standard InChI is InChI=1S/C16H13ClFNO3/c1-10(15(20)19-14-8-3-2-7-13(14)18)22-16(21)11-5-4-6-12(17)9-11/h2-10H,1H3,(H,19,20)/t10-/m1/s1. The number of halogens is 2. The maximum atomic E-state index is 13.4. The number of para-hydroxylation sites is 1. The summed E-state index contributed by atoms with van der Waals surface area (Å²) in [6.07, 6.45) is -1.08. The SMILES string of the molecule is C[C@@H](OC(=O)c1cccc(Cl)c1)C(=O)Nc1ccccc1F. The minimum Gasteiger partial charge on any atom is -0.449 e. The van der Waals surface area contributed by atoms with Crippen molar-refractivity contribution in [2.75, 3.05) is 5.32 Å². The van der Waals surface area contributed by atoms with Crippen LogP contribution in [0.5, 0.6) is 0 Å². The molecule has 22 heavy (non-hydrogen) atoms. The van der Waals surface area contributed by atoms with Crippen LogP contribution < -0.4 is 5.32 Å². The molecule has 6 heteroatoms. The molecule has 0 aliphatic heterocycles. The van der Waals surface area contributed by atoms with Gasteiger partial charge in [0.2, 0.25) is 0 Å². The van der Waals surface area contributed by atoms with E-state index < -0.39 is 23.8 Å². The lowest BCUT2D eigenvalue weighted by Gasteiger charge is -2.14. The second-order valence-electron chi connectivity index (χ2n) is 4.53. The average Bonchev–Trinajstić information content (AvgIpc) is 2.49. The van der Waals surface area contributed by atoms with Gasteiger partial charge in [-0.05, 0) is 37.3 Å². The lowest BCUT2D eigenvalue weighted by molar-refractivity contribution is -0.123. The molecule has 0 spiro atoms. The van der Waals surface area contributed by atoms with Crippen molar-refractivity contribution in [1.82, 2.24) is 0 Å². The molecule has 0 saturated carbocycles. The van der Waals surface area contributed by atoms with Gasteiger partial charge in [-0.2, -0.15) is 0 Å². The van der Waals surface area contributed by atoms with Crippen LogP contribution in [-0.4, -0.2) is 18.0 Å². The van der Waals surface area contributed by atoms with Crippen molar-refractivity contribution < 1.29 is 18.7 Å². The number of benzene rings is 2. The van der Waals surface area contributed by atoms with Gasteiger partial charge in [0.25, 0.3) is 5.91 Å². The molecule has 2 aromatic carbocycles. The first kappa shape index (κ1) is 16.0. The van der Waals surface area contributed by atoms with Crippen LogP contribution in [0.15, 0.2) is 48.5 Å². The summed E-state index contributed by atoms with van der Waals surface area (Å²) < 4.78 is 18.5. The largest absolute Gasteiger partial charge is 0.449 e. The third-order valence-corrected chi connectivity index (χ3v) is 3.08. The first-order chi connectivity index (χ1) is 10.5. The van der Waals surface area contributed by atoms with E-state index in [4.69, 9.17) is 16.3 Å². The number of hydrogen-bond acceptors (Lipinski definition) is 3. The predicted molar refractivity (Wildman–Crippen MR) is 81.4 cm³/mol. The van der Waals surface area contributed by atoms with E-state index in [9.17, 15) is 14.0 Å². The van der Waals surface area contributed by atoms with Crippen LogP contribution in [0.25, 0.3) is 0 Å². The molecule has 0 aliphatic carbocycles. The van der Waals surface area contributed by atoms with E-state index in [1.54, 1.807) is 18.2 Å². The normalized spacial score (nSPS) is 11.6. The number of hydrogen-bond donors (Lipinski definition) is 1. The van der Waals surface area contributed by atoms with Crippen molar-refractivity contribution in [3.63, 3.8) is 0 Å². The van der Waals surface area contributed by atoms with Gasteiger partial charge in [0, 0.05) is 5.02 Å². The van der Waals surface area contributed by atoms with Crippen LogP contribution in [0.1, 0.15) is 17.3 Å². The third kappa shape index (κ3) is 4.05. The van der Waals surface area contributed by atoms with Gasteiger partial charge in [0.15, 0.2) is 6.10 Å². The van der Waals surface area contributed by atoms with Gasteiger partial charge in [-0.1, -0.05) is 29.8 Å². The Hall–Kier alpha value is -2.40. The Labute approximate surface area is 131 Å². The van der Waals surface area contributed by atoms with Gasteiger partial charge >= 0.3 is 5.97 Å². The summed E-state index contributed by atoms with van der Waals surface area (Å²) in [5.74, 6) is -1.87. The van der Waals surface area contributed by atoms with Gasteiger partial charge in [0.1, 0.15) is 5.82 Å². The van der Waals surface area contributed by atoms with E-state index >= 15 is 0 Å². The van der Waals surface area contributed by atoms with Crippen molar-refractivity contribution in [1.29, 1.82) is 0 Å². The molecule has 1 amide bonds. The highest BCUT2D eigenvalue weighted by Crippen LogP contribution is 2.15. The summed E-state index contributed by atoms with van der Waals surface area (Å²) in [6.45, 7) is 1.40. The third-order valence-electron chi connectivity index (χ3n) is 2.85. The number of rotatable bonds is 4. The number of carbonyl (C=O) groups excluding carboxylic acids is 2. The van der Waals surface area contributed by atoms with Crippen LogP contribution in [-0.2, 0) is 9.53 Å². The van der Waals surface area contributed by atoms with Gasteiger partial charge in [-0.25, -0.2) is 9.18 Å². The molecule has 0 bridgehead atoms. The molecule has 0 radical (unpaired) electrons. The van der Waals surface area contributed by atoms with Crippen molar-refractivity contribution >= 4 is 29.2 Å². The van der Waals surface area contributed by atoms with Crippen LogP contribution in [0, 0.1) is 5.82 Å². The van der Waals surface area contributed by atoms with Crippen molar-refractivity contribution in [2.24, 2.45) is 0 Å². The van der Waals surface area contributed by atoms with Gasteiger partial charge < -0.3 is 10.1 Å². The maximum absolute atomic E-state index is 13.4. The molecule has 0 aliphatic rings. The molecule has 0 unspecified atom stereocenters. The Balaban J connectivity index is 1.99. The Morgan fingerprint density at radius 2 is 1.91 bits per heavy atom. The molecule has 0 aromatic heterocycles. The zero-order valence-corrected chi connectivity index (χ0v) is 12.4. The topological polar surface area (TPSA) is 55.4 Å². The maximum Gasteiger partial charge on any atom is 0.338 e. The smallest absolute Gasteiger partial charge is 0.338 e. The lowest BCUT2D eigenvalue weighted by Crippen LogP contribution is -2.30. The van der Waals surface area contributed by atoms with E-state index in [2.05, 4.69) is 5.32 Å². The summed E-state index contributed by atoms with van der Waals surface area (Å²) >= 11 is 5.78. The van der Waals surface area contributed by atoms with E-state index in [0.717, 1.165) is 0 Å². The van der Waals surface area contributed by atoms with E-state index in [-0.39, 0.29) is 11.3 Å². The fraction of sp³-hybridized carbons (Fsp3) is 0.125. The highest BCUT2D eigenvalue weighted by Gasteiger charge is 2.20. The highest BCUT2D eigenvalue weighted by molar-refractivity contribution is 6.30. The molecule has 114 valence electrons. The molecule has 2 rings (SSSR count). The van der Waals surface area contributed by atoms with Gasteiger partial charge in [-0.15, -0.1) is 0 Å². The summed E-state index contributed by atoms with van der Waals surface area (Å²) in [6, 6.07) is 11.9. The van der Waals surface area contributed by atoms with Crippen molar-refractivity contribution in [3.05, 3.63) is 64.9 Å². The molecule has 4 nitrogen and oxygen atoms in total. The van der Waals surface area contributed by atoms with Crippen LogP contribution in [0.2, 0.25) is 5.02 Å². The van der Waals surface area contributed by atoms with Crippen LogP contribution in [0.3, 0.4) is 0 Å². The van der Waals surface area contributed by atoms with Gasteiger partial charge in [0.05, 0.1) is 11.3 Å².